The van der Waals surface area contributed by atoms with E-state index in [4.69, 9.17) is 23.8 Å². The van der Waals surface area contributed by atoms with Gasteiger partial charge in [0.1, 0.15) is 0 Å². The van der Waals surface area contributed by atoms with E-state index in [9.17, 15) is 0 Å². The van der Waals surface area contributed by atoms with Crippen molar-refractivity contribution >= 4 is 40.3 Å². The second kappa shape index (κ2) is 8.15. The summed E-state index contributed by atoms with van der Waals surface area (Å²) in [6.07, 6.45) is 0. The number of hydrogen-bond donors (Lipinski definition) is 1. The van der Waals surface area contributed by atoms with Crippen LogP contribution in [0.15, 0.2) is 78.9 Å². The third-order valence-corrected chi connectivity index (χ3v) is 4.50. The fourth-order valence-electron chi connectivity index (χ4n) is 2.57. The Morgan fingerprint density at radius 1 is 0.960 bits per heavy atom. The number of nitrogens with zero attached hydrogens (tertiary/aromatic N) is 1. The molecule has 3 rings (SSSR count). The van der Waals surface area contributed by atoms with E-state index in [1.165, 1.54) is 5.56 Å². The average Bonchev–Trinajstić information content (AvgIpc) is 2.64. The Morgan fingerprint density at radius 2 is 1.60 bits per heavy atom. The zero-order valence-electron chi connectivity index (χ0n) is 13.9. The summed E-state index contributed by atoms with van der Waals surface area (Å²) in [5.74, 6) is 0. The zero-order chi connectivity index (χ0) is 17.6. The van der Waals surface area contributed by atoms with Crippen molar-refractivity contribution in [1.82, 2.24) is 0 Å². The predicted octanol–water partition coefficient (Wildman–Crippen LogP) is 6.05. The third kappa shape index (κ3) is 4.59. The number of rotatable bonds is 4. The fraction of sp³-hybridized carbons (Fsp3) is 0.0952. The summed E-state index contributed by atoms with van der Waals surface area (Å²) in [6.45, 7) is 2.72. The Kier molecular flexibility index (Phi) is 5.69. The Bertz CT molecular complexity index is 850. The number of benzene rings is 3. The Balaban J connectivity index is 1.88. The van der Waals surface area contributed by atoms with Crippen LogP contribution < -0.4 is 10.2 Å². The third-order valence-electron chi connectivity index (χ3n) is 3.94. The van der Waals surface area contributed by atoms with Crippen LogP contribution in [0.4, 0.5) is 11.4 Å². The molecule has 0 spiro atoms. The van der Waals surface area contributed by atoms with Crippen molar-refractivity contribution in [2.45, 2.75) is 13.5 Å². The summed E-state index contributed by atoms with van der Waals surface area (Å²) < 4.78 is 0. The Labute approximate surface area is 159 Å². The largest absolute Gasteiger partial charge is 0.332 e. The minimum atomic E-state index is 0.639. The lowest BCUT2D eigenvalue weighted by Gasteiger charge is -2.26. The van der Waals surface area contributed by atoms with E-state index >= 15 is 0 Å². The van der Waals surface area contributed by atoms with Crippen molar-refractivity contribution in [1.29, 1.82) is 0 Å². The van der Waals surface area contributed by atoms with Gasteiger partial charge in [-0.3, -0.25) is 0 Å². The molecule has 0 atom stereocenters. The van der Waals surface area contributed by atoms with Gasteiger partial charge in [0.15, 0.2) is 5.11 Å². The van der Waals surface area contributed by atoms with Gasteiger partial charge in [-0.15, -0.1) is 0 Å². The minimum absolute atomic E-state index is 0.639. The molecule has 3 aromatic rings. The molecule has 0 saturated carbocycles. The highest BCUT2D eigenvalue weighted by Gasteiger charge is 2.14. The van der Waals surface area contributed by atoms with E-state index in [0.29, 0.717) is 16.7 Å². The van der Waals surface area contributed by atoms with Crippen LogP contribution in [0.2, 0.25) is 5.02 Å². The van der Waals surface area contributed by atoms with Crippen LogP contribution in [-0.2, 0) is 6.54 Å². The van der Waals surface area contributed by atoms with Crippen molar-refractivity contribution in [3.8, 4) is 0 Å². The molecule has 0 saturated heterocycles. The lowest BCUT2D eigenvalue weighted by atomic mass is 10.2. The van der Waals surface area contributed by atoms with E-state index in [2.05, 4.69) is 34.5 Å². The normalized spacial score (nSPS) is 10.3. The number of hydrogen-bond acceptors (Lipinski definition) is 1. The maximum Gasteiger partial charge on any atom is 0.178 e. The van der Waals surface area contributed by atoms with Crippen LogP contribution in [0.25, 0.3) is 0 Å². The number of anilines is 2. The van der Waals surface area contributed by atoms with Crippen LogP contribution in [0.1, 0.15) is 11.1 Å². The molecule has 0 aliphatic carbocycles. The molecule has 25 heavy (non-hydrogen) atoms. The molecule has 1 N–H and O–H groups in total. The first kappa shape index (κ1) is 17.5. The van der Waals surface area contributed by atoms with Crippen LogP contribution >= 0.6 is 23.8 Å². The van der Waals surface area contributed by atoms with E-state index in [1.807, 2.05) is 61.5 Å². The van der Waals surface area contributed by atoms with Gasteiger partial charge in [0.2, 0.25) is 0 Å². The van der Waals surface area contributed by atoms with Crippen LogP contribution in [0, 0.1) is 6.92 Å². The van der Waals surface area contributed by atoms with Crippen LogP contribution in [0.3, 0.4) is 0 Å². The lowest BCUT2D eigenvalue weighted by Crippen LogP contribution is -2.34. The number of aryl methyl sites for hydroxylation is 1. The number of halogens is 1. The summed E-state index contributed by atoms with van der Waals surface area (Å²) in [5, 5.41) is 4.67. The Hall–Kier alpha value is -2.36. The molecule has 4 heteroatoms. The summed E-state index contributed by atoms with van der Waals surface area (Å²) in [7, 11) is 0. The average molecular weight is 367 g/mol. The second-order valence-corrected chi connectivity index (χ2v) is 6.62. The summed E-state index contributed by atoms with van der Waals surface area (Å²) in [4.78, 5) is 2.09. The first-order valence-electron chi connectivity index (χ1n) is 8.07. The number of thiocarbonyl (C=S) groups is 1. The quantitative estimate of drug-likeness (QED) is 0.565. The van der Waals surface area contributed by atoms with Gasteiger partial charge < -0.3 is 10.2 Å². The SMILES string of the molecule is Cc1ccc(Cl)cc1NC(=S)N(Cc1ccccc1)c1ccccc1. The van der Waals surface area contributed by atoms with Gasteiger partial charge in [0.25, 0.3) is 0 Å². The minimum Gasteiger partial charge on any atom is -0.332 e. The van der Waals surface area contributed by atoms with E-state index in [-0.39, 0.29) is 0 Å². The highest BCUT2D eigenvalue weighted by molar-refractivity contribution is 7.80. The molecule has 0 aliphatic heterocycles. The molecule has 3 aromatic carbocycles. The monoisotopic (exact) mass is 366 g/mol. The van der Waals surface area contributed by atoms with Gasteiger partial charge in [0.05, 0.1) is 6.54 Å². The molecule has 0 unspecified atom stereocenters. The summed E-state index contributed by atoms with van der Waals surface area (Å²) >= 11 is 11.8. The standard InChI is InChI=1S/C21H19ClN2S/c1-16-12-13-18(22)14-20(16)23-21(25)24(19-10-6-3-7-11-19)15-17-8-4-2-5-9-17/h2-14H,15H2,1H3,(H,23,25). The number of para-hydroxylation sites is 1. The maximum atomic E-state index is 6.13. The molecule has 0 fully saturated rings. The molecule has 0 bridgehead atoms. The molecule has 0 heterocycles. The predicted molar refractivity (Wildman–Crippen MR) is 111 cm³/mol. The highest BCUT2D eigenvalue weighted by atomic mass is 35.5. The first-order valence-corrected chi connectivity index (χ1v) is 8.86. The van der Waals surface area contributed by atoms with E-state index in [0.717, 1.165) is 16.9 Å². The fourth-order valence-corrected chi connectivity index (χ4v) is 3.02. The van der Waals surface area contributed by atoms with Crippen molar-refractivity contribution in [2.24, 2.45) is 0 Å². The van der Waals surface area contributed by atoms with Crippen LogP contribution in [0.5, 0.6) is 0 Å². The zero-order valence-corrected chi connectivity index (χ0v) is 15.5. The van der Waals surface area contributed by atoms with Gasteiger partial charge in [-0.1, -0.05) is 66.2 Å². The summed E-state index contributed by atoms with van der Waals surface area (Å²) in [5.41, 5.74) is 4.26. The van der Waals surface area contributed by atoms with Crippen molar-refractivity contribution < 1.29 is 0 Å². The molecule has 0 radical (unpaired) electrons. The highest BCUT2D eigenvalue weighted by Crippen LogP contribution is 2.23. The second-order valence-electron chi connectivity index (χ2n) is 5.80. The molecule has 0 amide bonds. The molecule has 2 nitrogen and oxygen atoms in total. The van der Waals surface area contributed by atoms with Gasteiger partial charge >= 0.3 is 0 Å². The van der Waals surface area contributed by atoms with Gasteiger partial charge in [-0.2, -0.15) is 0 Å². The van der Waals surface area contributed by atoms with Crippen molar-refractivity contribution in [3.63, 3.8) is 0 Å². The Morgan fingerprint density at radius 3 is 2.28 bits per heavy atom. The van der Waals surface area contributed by atoms with Crippen molar-refractivity contribution in [3.05, 3.63) is 95.0 Å². The summed E-state index contributed by atoms with van der Waals surface area (Å²) in [6, 6.07) is 26.2. The number of nitrogens with one attached hydrogen (secondary N) is 1. The topological polar surface area (TPSA) is 15.3 Å². The molecule has 0 aromatic heterocycles. The first-order chi connectivity index (χ1) is 12.1. The van der Waals surface area contributed by atoms with Gasteiger partial charge in [0, 0.05) is 16.4 Å². The smallest absolute Gasteiger partial charge is 0.178 e. The molecule has 0 aliphatic rings. The van der Waals surface area contributed by atoms with E-state index in [1.54, 1.807) is 0 Å². The maximum absolute atomic E-state index is 6.13. The molecular weight excluding hydrogens is 348 g/mol. The molecular formula is C21H19ClN2S. The molecule has 126 valence electrons. The van der Waals surface area contributed by atoms with Crippen molar-refractivity contribution in [2.75, 3.05) is 10.2 Å². The van der Waals surface area contributed by atoms with Gasteiger partial charge in [-0.25, -0.2) is 0 Å². The van der Waals surface area contributed by atoms with Crippen LogP contribution in [-0.4, -0.2) is 5.11 Å². The lowest BCUT2D eigenvalue weighted by molar-refractivity contribution is 1.01. The van der Waals surface area contributed by atoms with E-state index < -0.39 is 0 Å². The van der Waals surface area contributed by atoms with Gasteiger partial charge in [-0.05, 0) is 54.5 Å².